The lowest BCUT2D eigenvalue weighted by Gasteiger charge is -2.14. The first-order valence-electron chi connectivity index (χ1n) is 12.8. The van der Waals surface area contributed by atoms with Gasteiger partial charge in [-0.3, -0.25) is 10.1 Å². The molecule has 1 aromatic heterocycles. The van der Waals surface area contributed by atoms with Crippen LogP contribution in [0.25, 0.3) is 0 Å². The first-order valence-corrected chi connectivity index (χ1v) is 12.8. The molecule has 1 aromatic carbocycles. The molecule has 0 spiro atoms. The maximum Gasteiger partial charge on any atom is 0.410 e. The van der Waals surface area contributed by atoms with Gasteiger partial charge in [-0.2, -0.15) is 0 Å². The standard InChI is InChI=1S/C29H39NO7/c1-6-7-16-36-23-14-13-22(21(4)17-23)12-11-20(3)27(32)26-24(31)18-25(37-28(26)33)19(2)10-8-9-15-30-29(34)35-5/h9,13-15,17-20,31H,6-8,10-12,16H2,1-5H3,(H,30,34)/b15-9+. The number of unbranched alkanes of at least 4 members (excludes halogenated alkanes) is 1. The van der Waals surface area contributed by atoms with E-state index in [-0.39, 0.29) is 17.2 Å². The molecule has 202 valence electrons. The molecule has 2 aromatic rings. The third kappa shape index (κ3) is 9.12. The molecule has 2 unspecified atom stereocenters. The second kappa shape index (κ2) is 14.9. The fourth-order valence-electron chi connectivity index (χ4n) is 3.85. The van der Waals surface area contributed by atoms with Crippen LogP contribution in [0.5, 0.6) is 11.5 Å². The lowest BCUT2D eigenvalue weighted by Crippen LogP contribution is -2.21. The molecule has 0 bridgehead atoms. The SMILES string of the molecule is CCCCOc1ccc(CCC(C)C(=O)c2c(O)cc(C(C)CC/C=C/NC(=O)OC)oc2=O)c(C)c1. The van der Waals surface area contributed by atoms with Gasteiger partial charge in [0.2, 0.25) is 0 Å². The van der Waals surface area contributed by atoms with E-state index in [9.17, 15) is 19.5 Å². The minimum atomic E-state index is -0.827. The van der Waals surface area contributed by atoms with Crippen molar-refractivity contribution in [3.05, 3.63) is 69.4 Å². The van der Waals surface area contributed by atoms with E-state index in [1.807, 2.05) is 32.0 Å². The predicted octanol–water partition coefficient (Wildman–Crippen LogP) is 6.04. The maximum atomic E-state index is 13.0. The fraction of sp³-hybridized carbons (Fsp3) is 0.483. The van der Waals surface area contributed by atoms with E-state index in [1.165, 1.54) is 19.4 Å². The van der Waals surface area contributed by atoms with Crippen LogP contribution in [0.1, 0.15) is 86.0 Å². The van der Waals surface area contributed by atoms with E-state index < -0.39 is 23.4 Å². The average molecular weight is 514 g/mol. The number of methoxy groups -OCH3 is 1. The van der Waals surface area contributed by atoms with Gasteiger partial charge in [0.1, 0.15) is 22.8 Å². The van der Waals surface area contributed by atoms with Crippen LogP contribution >= 0.6 is 0 Å². The second-order valence-electron chi connectivity index (χ2n) is 9.31. The van der Waals surface area contributed by atoms with Crippen molar-refractivity contribution < 1.29 is 28.6 Å². The maximum absolute atomic E-state index is 13.0. The van der Waals surface area contributed by atoms with Gasteiger partial charge in [-0.15, -0.1) is 0 Å². The Morgan fingerprint density at radius 2 is 1.95 bits per heavy atom. The highest BCUT2D eigenvalue weighted by Crippen LogP contribution is 2.27. The van der Waals surface area contributed by atoms with Crippen molar-refractivity contribution in [2.45, 2.75) is 72.1 Å². The van der Waals surface area contributed by atoms with Crippen LogP contribution in [0.4, 0.5) is 4.79 Å². The number of aromatic hydroxyl groups is 1. The third-order valence-corrected chi connectivity index (χ3v) is 6.33. The molecule has 8 nitrogen and oxygen atoms in total. The number of Topliss-reactive ketones (excluding diaryl/α,β-unsaturated/α-hetero) is 1. The molecular formula is C29H39NO7. The highest BCUT2D eigenvalue weighted by molar-refractivity contribution is 5.99. The van der Waals surface area contributed by atoms with Gasteiger partial charge < -0.3 is 19.0 Å². The van der Waals surface area contributed by atoms with Crippen molar-refractivity contribution in [1.29, 1.82) is 0 Å². The third-order valence-electron chi connectivity index (χ3n) is 6.33. The summed E-state index contributed by atoms with van der Waals surface area (Å²) >= 11 is 0. The number of ether oxygens (including phenoxy) is 2. The van der Waals surface area contributed by atoms with Gasteiger partial charge in [0.15, 0.2) is 5.78 Å². The molecule has 0 radical (unpaired) electrons. The number of hydrogen-bond acceptors (Lipinski definition) is 7. The highest BCUT2D eigenvalue weighted by Gasteiger charge is 2.25. The Hall–Kier alpha value is -3.55. The summed E-state index contributed by atoms with van der Waals surface area (Å²) in [6, 6.07) is 7.31. The van der Waals surface area contributed by atoms with Crippen molar-refractivity contribution in [2.75, 3.05) is 13.7 Å². The zero-order valence-electron chi connectivity index (χ0n) is 22.5. The second-order valence-corrected chi connectivity index (χ2v) is 9.31. The number of amides is 1. The Kier molecular flexibility index (Phi) is 11.9. The summed E-state index contributed by atoms with van der Waals surface area (Å²) in [6.07, 6.45) is 7.14. The van der Waals surface area contributed by atoms with Crippen LogP contribution in [-0.2, 0) is 11.2 Å². The number of carbonyl (C=O) groups excluding carboxylic acids is 2. The molecule has 0 aliphatic carbocycles. The zero-order valence-corrected chi connectivity index (χ0v) is 22.5. The number of carbonyl (C=O) groups is 2. The quantitative estimate of drug-likeness (QED) is 0.234. The van der Waals surface area contributed by atoms with E-state index in [0.717, 1.165) is 29.7 Å². The number of benzene rings is 1. The van der Waals surface area contributed by atoms with E-state index in [0.29, 0.717) is 38.1 Å². The van der Waals surface area contributed by atoms with Crippen LogP contribution in [0.2, 0.25) is 0 Å². The van der Waals surface area contributed by atoms with Gasteiger partial charge in [-0.25, -0.2) is 9.59 Å². The topological polar surface area (TPSA) is 115 Å². The van der Waals surface area contributed by atoms with Gasteiger partial charge in [0, 0.05) is 24.1 Å². The molecule has 37 heavy (non-hydrogen) atoms. The smallest absolute Gasteiger partial charge is 0.410 e. The lowest BCUT2D eigenvalue weighted by molar-refractivity contribution is 0.0916. The Morgan fingerprint density at radius 1 is 1.19 bits per heavy atom. The largest absolute Gasteiger partial charge is 0.507 e. The number of aryl methyl sites for hydroxylation is 2. The summed E-state index contributed by atoms with van der Waals surface area (Å²) in [4.78, 5) is 36.7. The molecule has 2 atom stereocenters. The Labute approximate surface area is 218 Å². The molecule has 1 amide bonds. The minimum absolute atomic E-state index is 0.181. The Morgan fingerprint density at radius 3 is 2.59 bits per heavy atom. The molecule has 1 heterocycles. The molecule has 2 N–H and O–H groups in total. The fourth-order valence-corrected chi connectivity index (χ4v) is 3.85. The molecule has 0 aliphatic heterocycles. The molecular weight excluding hydrogens is 474 g/mol. The lowest BCUT2D eigenvalue weighted by atomic mass is 9.92. The van der Waals surface area contributed by atoms with E-state index in [1.54, 1.807) is 13.0 Å². The van der Waals surface area contributed by atoms with Crippen LogP contribution in [0, 0.1) is 12.8 Å². The van der Waals surface area contributed by atoms with E-state index >= 15 is 0 Å². The van der Waals surface area contributed by atoms with E-state index in [4.69, 9.17) is 9.15 Å². The zero-order chi connectivity index (χ0) is 27.4. The van der Waals surface area contributed by atoms with Gasteiger partial charge >= 0.3 is 11.7 Å². The van der Waals surface area contributed by atoms with Crippen LogP contribution in [-0.4, -0.2) is 30.7 Å². The van der Waals surface area contributed by atoms with Gasteiger partial charge in [-0.1, -0.05) is 39.3 Å². The van der Waals surface area contributed by atoms with Gasteiger partial charge in [0.05, 0.1) is 13.7 Å². The molecule has 2 rings (SSSR count). The summed E-state index contributed by atoms with van der Waals surface area (Å²) in [7, 11) is 1.28. The molecule has 0 saturated heterocycles. The normalized spacial score (nSPS) is 12.8. The summed E-state index contributed by atoms with van der Waals surface area (Å²) in [6.45, 7) is 8.43. The van der Waals surface area contributed by atoms with Crippen LogP contribution in [0.3, 0.4) is 0 Å². The minimum Gasteiger partial charge on any atom is -0.507 e. The Bertz CT molecular complexity index is 1140. The Balaban J connectivity index is 1.98. The number of rotatable bonds is 14. The van der Waals surface area contributed by atoms with Crippen LogP contribution in [0.15, 0.2) is 45.8 Å². The predicted molar refractivity (Wildman–Crippen MR) is 142 cm³/mol. The highest BCUT2D eigenvalue weighted by atomic mass is 16.5. The van der Waals surface area contributed by atoms with Crippen molar-refractivity contribution >= 4 is 11.9 Å². The number of hydrogen-bond donors (Lipinski definition) is 2. The molecule has 0 saturated carbocycles. The van der Waals surface area contributed by atoms with Gasteiger partial charge in [0.25, 0.3) is 0 Å². The van der Waals surface area contributed by atoms with Crippen molar-refractivity contribution in [3.8, 4) is 11.5 Å². The van der Waals surface area contributed by atoms with Gasteiger partial charge in [-0.05, 0) is 62.3 Å². The van der Waals surface area contributed by atoms with E-state index in [2.05, 4.69) is 17.0 Å². The molecule has 8 heteroatoms. The first kappa shape index (κ1) is 29.7. The number of alkyl carbamates (subject to hydrolysis) is 1. The van der Waals surface area contributed by atoms with Crippen LogP contribution < -0.4 is 15.7 Å². The summed E-state index contributed by atoms with van der Waals surface area (Å²) in [5.41, 5.74) is 1.07. The summed E-state index contributed by atoms with van der Waals surface area (Å²) < 4.78 is 15.6. The summed E-state index contributed by atoms with van der Waals surface area (Å²) in [5.74, 6) is -0.297. The number of ketones is 1. The van der Waals surface area contributed by atoms with Crippen molar-refractivity contribution in [2.24, 2.45) is 5.92 Å². The average Bonchev–Trinajstić information content (AvgIpc) is 2.87. The molecule has 0 fully saturated rings. The monoisotopic (exact) mass is 513 g/mol. The van der Waals surface area contributed by atoms with Crippen molar-refractivity contribution in [1.82, 2.24) is 5.32 Å². The first-order chi connectivity index (χ1) is 17.7. The van der Waals surface area contributed by atoms with Crippen molar-refractivity contribution in [3.63, 3.8) is 0 Å². The molecule has 0 aliphatic rings. The number of nitrogens with one attached hydrogen (secondary N) is 1. The summed E-state index contributed by atoms with van der Waals surface area (Å²) in [5, 5.41) is 12.9. The number of allylic oxidation sites excluding steroid dienone is 1.